The Hall–Kier alpha value is -1.59. The van der Waals surface area contributed by atoms with Gasteiger partial charge in [-0.15, -0.1) is 0 Å². The lowest BCUT2D eigenvalue weighted by Gasteiger charge is -2.47. The minimum atomic E-state index is -0.510. The number of hydrogen-bond acceptors (Lipinski definition) is 3. The highest BCUT2D eigenvalue weighted by molar-refractivity contribution is 6.31. The van der Waals surface area contributed by atoms with Gasteiger partial charge < -0.3 is 14.9 Å². The maximum absolute atomic E-state index is 12.8. The van der Waals surface area contributed by atoms with Crippen molar-refractivity contribution in [1.29, 1.82) is 0 Å². The molecular formula is C20H27ClN2O3. The van der Waals surface area contributed by atoms with E-state index in [0.717, 1.165) is 24.8 Å². The Bertz CT molecular complexity index is 696. The molecule has 1 spiro atoms. The quantitative estimate of drug-likeness (QED) is 0.879. The number of halogens is 1. The molecular weight excluding hydrogens is 352 g/mol. The van der Waals surface area contributed by atoms with Crippen LogP contribution in [-0.4, -0.2) is 59.0 Å². The molecule has 1 aromatic carbocycles. The van der Waals surface area contributed by atoms with Gasteiger partial charge in [0.2, 0.25) is 5.91 Å². The van der Waals surface area contributed by atoms with Crippen molar-refractivity contribution in [3.8, 4) is 0 Å². The molecule has 0 bridgehead atoms. The number of likely N-dealkylation sites (tertiary alicyclic amines) is 2. The topological polar surface area (TPSA) is 60.9 Å². The van der Waals surface area contributed by atoms with Gasteiger partial charge in [0.1, 0.15) is 0 Å². The van der Waals surface area contributed by atoms with Crippen LogP contribution in [0.25, 0.3) is 0 Å². The molecule has 2 heterocycles. The van der Waals surface area contributed by atoms with Crippen LogP contribution in [0.5, 0.6) is 0 Å². The van der Waals surface area contributed by atoms with Crippen LogP contribution in [0, 0.1) is 12.3 Å². The first kappa shape index (κ1) is 19.2. The molecule has 2 amide bonds. The van der Waals surface area contributed by atoms with Crippen molar-refractivity contribution in [2.75, 3.05) is 26.2 Å². The summed E-state index contributed by atoms with van der Waals surface area (Å²) in [5.74, 6) is 0.180. The SMILES string of the molecule is Cc1cc(C(=O)N2CCC3(CCC(=O)N(C[C@H](C)O)C3)CC2)ccc1Cl. The van der Waals surface area contributed by atoms with Crippen LogP contribution in [0.1, 0.15) is 48.5 Å². The van der Waals surface area contributed by atoms with Gasteiger partial charge >= 0.3 is 0 Å². The van der Waals surface area contributed by atoms with E-state index in [-0.39, 0.29) is 17.2 Å². The summed E-state index contributed by atoms with van der Waals surface area (Å²) in [6.07, 6.45) is 2.70. The van der Waals surface area contributed by atoms with E-state index in [1.54, 1.807) is 24.0 Å². The summed E-state index contributed by atoms with van der Waals surface area (Å²) < 4.78 is 0. The average molecular weight is 379 g/mol. The van der Waals surface area contributed by atoms with Crippen LogP contribution < -0.4 is 0 Å². The largest absolute Gasteiger partial charge is 0.392 e. The second-order valence-electron chi connectivity index (χ2n) is 7.88. The zero-order valence-electron chi connectivity index (χ0n) is 15.5. The number of benzene rings is 1. The highest BCUT2D eigenvalue weighted by Crippen LogP contribution is 2.40. The van der Waals surface area contributed by atoms with Gasteiger partial charge in [-0.3, -0.25) is 9.59 Å². The van der Waals surface area contributed by atoms with Crippen molar-refractivity contribution in [3.63, 3.8) is 0 Å². The summed E-state index contributed by atoms with van der Waals surface area (Å²) in [7, 11) is 0. The number of aryl methyl sites for hydroxylation is 1. The number of rotatable bonds is 3. The molecule has 1 aromatic rings. The third kappa shape index (κ3) is 4.04. The minimum Gasteiger partial charge on any atom is -0.392 e. The summed E-state index contributed by atoms with van der Waals surface area (Å²) >= 11 is 6.06. The number of piperidine rings is 2. The molecule has 2 aliphatic heterocycles. The standard InChI is InChI=1S/C20H27ClN2O3/c1-14-11-16(3-4-17(14)21)19(26)22-9-7-20(8-10-22)6-5-18(25)23(13-20)12-15(2)24/h3-4,11,15,24H,5-10,12-13H2,1-2H3/t15-/m0/s1. The van der Waals surface area contributed by atoms with Crippen molar-refractivity contribution < 1.29 is 14.7 Å². The lowest BCUT2D eigenvalue weighted by atomic mass is 9.72. The summed E-state index contributed by atoms with van der Waals surface area (Å²) in [4.78, 5) is 28.6. The Morgan fingerprint density at radius 2 is 2.00 bits per heavy atom. The molecule has 0 aliphatic carbocycles. The molecule has 6 heteroatoms. The summed E-state index contributed by atoms with van der Waals surface area (Å²) in [5.41, 5.74) is 1.66. The zero-order valence-corrected chi connectivity index (χ0v) is 16.3. The molecule has 3 rings (SSSR count). The Morgan fingerprint density at radius 1 is 1.31 bits per heavy atom. The number of hydrogen-bond donors (Lipinski definition) is 1. The van der Waals surface area contributed by atoms with Crippen LogP contribution in [0.3, 0.4) is 0 Å². The number of nitrogens with zero attached hydrogens (tertiary/aromatic N) is 2. The van der Waals surface area contributed by atoms with Crippen molar-refractivity contribution in [3.05, 3.63) is 34.3 Å². The molecule has 1 atom stereocenters. The normalized spacial score (nSPS) is 21.2. The molecule has 2 aliphatic rings. The summed E-state index contributed by atoms with van der Waals surface area (Å²) in [6, 6.07) is 5.40. The van der Waals surface area contributed by atoms with Crippen molar-refractivity contribution in [1.82, 2.24) is 9.80 Å². The van der Waals surface area contributed by atoms with Crippen molar-refractivity contribution in [2.45, 2.75) is 45.6 Å². The summed E-state index contributed by atoms with van der Waals surface area (Å²) in [6.45, 7) is 6.12. The van der Waals surface area contributed by atoms with E-state index < -0.39 is 6.10 Å². The highest BCUT2D eigenvalue weighted by atomic mass is 35.5. The van der Waals surface area contributed by atoms with Crippen LogP contribution >= 0.6 is 11.6 Å². The van der Waals surface area contributed by atoms with E-state index >= 15 is 0 Å². The van der Waals surface area contributed by atoms with E-state index in [9.17, 15) is 14.7 Å². The summed E-state index contributed by atoms with van der Waals surface area (Å²) in [5, 5.41) is 10.3. The Kier molecular flexibility index (Phi) is 5.58. The van der Waals surface area contributed by atoms with Gasteiger partial charge in [0.05, 0.1) is 6.10 Å². The minimum absolute atomic E-state index is 0.0485. The molecule has 26 heavy (non-hydrogen) atoms. The van der Waals surface area contributed by atoms with Crippen LogP contribution in [0.4, 0.5) is 0 Å². The number of aliphatic hydroxyl groups is 1. The van der Waals surface area contributed by atoms with E-state index in [0.29, 0.717) is 43.2 Å². The van der Waals surface area contributed by atoms with Gasteiger partial charge in [0.15, 0.2) is 0 Å². The molecule has 0 radical (unpaired) electrons. The molecule has 0 saturated carbocycles. The molecule has 142 valence electrons. The second kappa shape index (κ2) is 7.57. The van der Waals surface area contributed by atoms with Gasteiger partial charge in [0, 0.05) is 43.2 Å². The maximum atomic E-state index is 12.8. The lowest BCUT2D eigenvalue weighted by molar-refractivity contribution is -0.140. The number of carbonyl (C=O) groups is 2. The molecule has 2 fully saturated rings. The second-order valence-corrected chi connectivity index (χ2v) is 8.29. The van der Waals surface area contributed by atoms with Crippen LogP contribution in [0.15, 0.2) is 18.2 Å². The van der Waals surface area contributed by atoms with E-state index in [4.69, 9.17) is 11.6 Å². The van der Waals surface area contributed by atoms with Crippen LogP contribution in [-0.2, 0) is 4.79 Å². The molecule has 1 N–H and O–H groups in total. The van der Waals surface area contributed by atoms with E-state index in [1.165, 1.54) is 0 Å². The number of carbonyl (C=O) groups excluding carboxylic acids is 2. The fourth-order valence-corrected chi connectivity index (χ4v) is 4.26. The Morgan fingerprint density at radius 3 is 2.62 bits per heavy atom. The van der Waals surface area contributed by atoms with Crippen LogP contribution in [0.2, 0.25) is 5.02 Å². The monoisotopic (exact) mass is 378 g/mol. The van der Waals surface area contributed by atoms with Gasteiger partial charge in [0.25, 0.3) is 5.91 Å². The third-order valence-corrected chi connectivity index (χ3v) is 6.17. The van der Waals surface area contributed by atoms with Gasteiger partial charge in [-0.2, -0.15) is 0 Å². The molecule has 0 aromatic heterocycles. The smallest absolute Gasteiger partial charge is 0.253 e. The molecule has 2 saturated heterocycles. The molecule has 0 unspecified atom stereocenters. The van der Waals surface area contributed by atoms with Crippen molar-refractivity contribution >= 4 is 23.4 Å². The Labute approximate surface area is 159 Å². The fourth-order valence-electron chi connectivity index (χ4n) is 4.14. The lowest BCUT2D eigenvalue weighted by Crippen LogP contribution is -2.53. The van der Waals surface area contributed by atoms with E-state index in [1.807, 2.05) is 17.9 Å². The number of aliphatic hydroxyl groups excluding tert-OH is 1. The third-order valence-electron chi connectivity index (χ3n) is 5.75. The zero-order chi connectivity index (χ0) is 18.9. The average Bonchev–Trinajstić information content (AvgIpc) is 2.60. The fraction of sp³-hybridized carbons (Fsp3) is 0.600. The first-order chi connectivity index (χ1) is 12.3. The number of β-amino-alcohol motifs (C(OH)–C–C–N with tert-alkyl or cyclic N) is 1. The first-order valence-electron chi connectivity index (χ1n) is 9.31. The maximum Gasteiger partial charge on any atom is 0.253 e. The molecule has 5 nitrogen and oxygen atoms in total. The predicted octanol–water partition coefficient (Wildman–Crippen LogP) is 2.87. The van der Waals surface area contributed by atoms with Gasteiger partial charge in [-0.25, -0.2) is 0 Å². The first-order valence-corrected chi connectivity index (χ1v) is 9.69. The number of amides is 2. The van der Waals surface area contributed by atoms with Crippen molar-refractivity contribution in [2.24, 2.45) is 5.41 Å². The van der Waals surface area contributed by atoms with Gasteiger partial charge in [-0.1, -0.05) is 11.6 Å². The Balaban J connectivity index is 1.63. The predicted molar refractivity (Wildman–Crippen MR) is 101 cm³/mol. The van der Waals surface area contributed by atoms with E-state index in [2.05, 4.69) is 0 Å². The van der Waals surface area contributed by atoms with Gasteiger partial charge in [-0.05, 0) is 62.3 Å². The highest BCUT2D eigenvalue weighted by Gasteiger charge is 2.41.